The van der Waals surface area contributed by atoms with Gasteiger partial charge in [-0.1, -0.05) is 13.7 Å². The zero-order chi connectivity index (χ0) is 21.6. The summed E-state index contributed by atoms with van der Waals surface area (Å²) in [5.74, 6) is -0.496. The fourth-order valence-electron chi connectivity index (χ4n) is 3.03. The van der Waals surface area contributed by atoms with Crippen molar-refractivity contribution in [2.75, 3.05) is 14.2 Å². The van der Waals surface area contributed by atoms with Crippen molar-refractivity contribution in [3.8, 4) is 28.5 Å². The highest BCUT2D eigenvalue weighted by Gasteiger charge is 2.27. The number of aromatic hydroxyl groups is 1. The molecule has 0 saturated carbocycles. The zero-order valence-corrected chi connectivity index (χ0v) is 13.2. The van der Waals surface area contributed by atoms with E-state index in [2.05, 4.69) is 0 Å². The lowest BCUT2D eigenvalue weighted by atomic mass is 9.94. The van der Waals surface area contributed by atoms with Gasteiger partial charge in [0.05, 0.1) is 31.4 Å². The van der Waals surface area contributed by atoms with Crippen molar-refractivity contribution in [2.24, 2.45) is 5.92 Å². The first kappa shape index (κ1) is 9.81. The van der Waals surface area contributed by atoms with Crippen LogP contribution in [0.4, 0.5) is 0 Å². The predicted octanol–water partition coefficient (Wildman–Crippen LogP) is 3.12. The maximum Gasteiger partial charge on any atom is 0.216 e. The lowest BCUT2D eigenvalue weighted by Crippen LogP contribution is -2.40. The number of pyridine rings is 1. The third-order valence-electron chi connectivity index (χ3n) is 4.15. The van der Waals surface area contributed by atoms with Crippen LogP contribution in [0.5, 0.6) is 17.2 Å². The molecule has 1 aliphatic heterocycles. The molecule has 0 unspecified atom stereocenters. The summed E-state index contributed by atoms with van der Waals surface area (Å²) in [7, 11) is 3.12. The van der Waals surface area contributed by atoms with Gasteiger partial charge in [-0.3, -0.25) is 0 Å². The second-order valence-corrected chi connectivity index (χ2v) is 5.63. The molecule has 4 heteroatoms. The molecule has 0 spiro atoms. The summed E-state index contributed by atoms with van der Waals surface area (Å²) in [6.45, 7) is -4.71. The van der Waals surface area contributed by atoms with Crippen LogP contribution in [0.15, 0.2) is 24.4 Å². The normalized spacial score (nSPS) is 17.7. The van der Waals surface area contributed by atoms with Crippen LogP contribution < -0.4 is 14.0 Å². The Bertz CT molecular complexity index is 910. The predicted molar refractivity (Wildman–Crippen MR) is 89.1 cm³/mol. The molecule has 122 valence electrons. The Hall–Kier alpha value is -2.23. The Labute approximate surface area is 145 Å². The smallest absolute Gasteiger partial charge is 0.216 e. The van der Waals surface area contributed by atoms with Crippen LogP contribution in [0, 0.1) is 5.92 Å². The highest BCUT2D eigenvalue weighted by molar-refractivity contribution is 5.68. The van der Waals surface area contributed by atoms with Gasteiger partial charge in [-0.05, 0) is 30.0 Å². The zero-order valence-electron chi connectivity index (χ0n) is 19.2. The van der Waals surface area contributed by atoms with Crippen LogP contribution in [-0.4, -0.2) is 19.3 Å². The number of rotatable bonds is 4. The van der Waals surface area contributed by atoms with Crippen LogP contribution in [0.2, 0.25) is 0 Å². The molecule has 0 fully saturated rings. The van der Waals surface area contributed by atoms with Crippen molar-refractivity contribution >= 4 is 0 Å². The lowest BCUT2D eigenvalue weighted by Gasteiger charge is -2.19. The maximum atomic E-state index is 10.6. The first-order chi connectivity index (χ1) is 13.5. The Balaban J connectivity index is 2.05. The van der Waals surface area contributed by atoms with Gasteiger partial charge in [0, 0.05) is 14.6 Å². The number of aryl methyl sites for hydroxylation is 2. The molecular weight excluding hydrogens is 290 g/mol. The minimum Gasteiger partial charge on any atom is -0.507 e. The fraction of sp³-hybridized carbons (Fsp3) is 0.421. The van der Waals surface area contributed by atoms with Gasteiger partial charge in [0.25, 0.3) is 0 Å². The first-order valence-electron chi connectivity index (χ1n) is 10.5. The van der Waals surface area contributed by atoms with E-state index in [1.54, 1.807) is 26.5 Å². The van der Waals surface area contributed by atoms with Gasteiger partial charge in [0.15, 0.2) is 24.2 Å². The third-order valence-corrected chi connectivity index (χ3v) is 4.15. The molecular formula is C19H24NO3+. The monoisotopic (exact) mass is 320 g/mol. The van der Waals surface area contributed by atoms with E-state index in [9.17, 15) is 5.11 Å². The van der Waals surface area contributed by atoms with E-state index >= 15 is 0 Å². The van der Waals surface area contributed by atoms with Crippen LogP contribution in [-0.2, 0) is 19.4 Å². The van der Waals surface area contributed by atoms with Crippen LogP contribution in [0.1, 0.15) is 33.1 Å². The minimum absolute atomic E-state index is 0.127. The average molecular weight is 320 g/mol. The van der Waals surface area contributed by atoms with Gasteiger partial charge in [0.1, 0.15) is 5.75 Å². The number of hydrogen-bond donors (Lipinski definition) is 1. The number of benzene rings is 1. The Kier molecular flexibility index (Phi) is 2.60. The summed E-state index contributed by atoms with van der Waals surface area (Å²) < 4.78 is 58.2. The summed E-state index contributed by atoms with van der Waals surface area (Å²) in [5, 5.41) is 10.6. The fourth-order valence-corrected chi connectivity index (χ4v) is 3.03. The van der Waals surface area contributed by atoms with Crippen molar-refractivity contribution < 1.29 is 27.4 Å². The minimum atomic E-state index is -2.66. The molecule has 0 amide bonds. The van der Waals surface area contributed by atoms with E-state index in [0.717, 1.165) is 16.8 Å². The number of nitrogens with zero attached hydrogens (tertiary/aromatic N) is 1. The lowest BCUT2D eigenvalue weighted by molar-refractivity contribution is -0.688. The second-order valence-electron chi connectivity index (χ2n) is 5.63. The molecule has 2 heterocycles. The van der Waals surface area contributed by atoms with Gasteiger partial charge in [-0.15, -0.1) is 0 Å². The van der Waals surface area contributed by atoms with Gasteiger partial charge < -0.3 is 14.6 Å². The molecule has 0 saturated heterocycles. The van der Waals surface area contributed by atoms with Crippen LogP contribution in [0.25, 0.3) is 11.3 Å². The Morgan fingerprint density at radius 1 is 1.22 bits per heavy atom. The molecule has 0 radical (unpaired) electrons. The summed E-state index contributed by atoms with van der Waals surface area (Å²) in [5.41, 5.74) is 2.96. The number of ether oxygens (including phenoxy) is 2. The average Bonchev–Trinajstić information content (AvgIpc) is 2.63. The van der Waals surface area contributed by atoms with Crippen molar-refractivity contribution in [2.45, 2.75) is 33.1 Å². The van der Waals surface area contributed by atoms with Gasteiger partial charge in [0.2, 0.25) is 5.69 Å². The largest absolute Gasteiger partial charge is 0.507 e. The van der Waals surface area contributed by atoms with Crippen LogP contribution >= 0.6 is 0 Å². The molecule has 23 heavy (non-hydrogen) atoms. The molecule has 1 N–H and O–H groups in total. The van der Waals surface area contributed by atoms with Crippen molar-refractivity contribution in [1.82, 2.24) is 0 Å². The van der Waals surface area contributed by atoms with E-state index < -0.39 is 19.6 Å². The Morgan fingerprint density at radius 3 is 2.65 bits per heavy atom. The molecule has 4 nitrogen and oxygen atoms in total. The van der Waals surface area contributed by atoms with Gasteiger partial charge in [-0.25, -0.2) is 0 Å². The van der Waals surface area contributed by atoms with E-state index in [1.165, 1.54) is 0 Å². The van der Waals surface area contributed by atoms with Crippen molar-refractivity contribution in [3.63, 3.8) is 0 Å². The molecule has 3 rings (SSSR count). The van der Waals surface area contributed by atoms with E-state index in [4.69, 9.17) is 17.7 Å². The van der Waals surface area contributed by atoms with Gasteiger partial charge in [-0.2, -0.15) is 4.57 Å². The molecule has 1 aliphatic rings. The van der Waals surface area contributed by atoms with Crippen LogP contribution in [0.3, 0.4) is 0 Å². The van der Waals surface area contributed by atoms with E-state index in [0.29, 0.717) is 30.0 Å². The number of methoxy groups -OCH3 is 2. The molecule has 0 aliphatic carbocycles. The van der Waals surface area contributed by atoms with Crippen molar-refractivity contribution in [1.29, 1.82) is 0 Å². The van der Waals surface area contributed by atoms with E-state index in [-0.39, 0.29) is 12.2 Å². The van der Waals surface area contributed by atoms with Gasteiger partial charge >= 0.3 is 0 Å². The summed E-state index contributed by atoms with van der Waals surface area (Å²) >= 11 is 0. The standard InChI is InChI=1S/C19H23NO3/c1-12(2)7-14-11-20-6-5-13-8-18(22-3)19(23-4)9-15(13)16(20)10-17(14)21/h8-12H,5-7H2,1-4H3/p+1/i1D3,2D3. The molecule has 1 aromatic carbocycles. The number of fused-ring (bicyclic) bond motifs is 3. The molecule has 0 atom stereocenters. The third kappa shape index (κ3) is 2.85. The topological polar surface area (TPSA) is 42.6 Å². The first-order valence-corrected chi connectivity index (χ1v) is 7.46. The SMILES string of the molecule is [2H]C([2H])([2H])C(Cc1c[n+]2c(cc1O)-c1cc(OC)c(OC)cc1CC2)C([2H])([2H])[2H]. The van der Waals surface area contributed by atoms with E-state index in [1.807, 2.05) is 16.7 Å². The highest BCUT2D eigenvalue weighted by Crippen LogP contribution is 2.37. The summed E-state index contributed by atoms with van der Waals surface area (Å²) in [6, 6.07) is 5.29. The number of aromatic nitrogens is 1. The molecule has 1 aromatic heterocycles. The highest BCUT2D eigenvalue weighted by atomic mass is 16.5. The number of hydrogen-bond acceptors (Lipinski definition) is 3. The van der Waals surface area contributed by atoms with Crippen molar-refractivity contribution in [3.05, 3.63) is 35.5 Å². The molecule has 0 bridgehead atoms. The second kappa shape index (κ2) is 6.11. The summed E-state index contributed by atoms with van der Waals surface area (Å²) in [6.07, 6.45) is 2.09. The summed E-state index contributed by atoms with van der Waals surface area (Å²) in [4.78, 5) is 0. The molecule has 2 aromatic rings. The Morgan fingerprint density at radius 2 is 1.96 bits per heavy atom. The maximum absolute atomic E-state index is 10.6. The quantitative estimate of drug-likeness (QED) is 0.880.